The highest BCUT2D eigenvalue weighted by molar-refractivity contribution is 6.02. The number of hydrogen-bond acceptors (Lipinski definition) is 5. The van der Waals surface area contributed by atoms with Crippen LogP contribution in [0.15, 0.2) is 30.5 Å². The van der Waals surface area contributed by atoms with Gasteiger partial charge < -0.3 is 19.4 Å². The highest BCUT2D eigenvalue weighted by Gasteiger charge is 2.37. The lowest BCUT2D eigenvalue weighted by Crippen LogP contribution is -2.53. The molecular weight excluding hydrogens is 404 g/mol. The van der Waals surface area contributed by atoms with Crippen LogP contribution in [0.4, 0.5) is 4.79 Å². The average Bonchev–Trinajstić information content (AvgIpc) is 3.08. The molecule has 4 rings (SSSR count). The molecule has 0 unspecified atom stereocenters. The second-order valence-electron chi connectivity index (χ2n) is 9.73. The van der Waals surface area contributed by atoms with Crippen molar-refractivity contribution in [1.29, 1.82) is 0 Å². The topological polar surface area (TPSA) is 78.3 Å². The molecule has 7 nitrogen and oxygen atoms in total. The first kappa shape index (κ1) is 22.5. The van der Waals surface area contributed by atoms with Gasteiger partial charge in [0.15, 0.2) is 0 Å². The highest BCUT2D eigenvalue weighted by Crippen LogP contribution is 2.33. The molecule has 0 atom stereocenters. The Morgan fingerprint density at radius 3 is 2.62 bits per heavy atom. The maximum atomic E-state index is 12.8. The Bertz CT molecular complexity index is 1090. The number of hydrogen-bond donors (Lipinski definition) is 1. The Hall–Kier alpha value is -2.67. The van der Waals surface area contributed by atoms with Crippen LogP contribution in [0.1, 0.15) is 65.6 Å². The minimum absolute atomic E-state index is 0.360. The second-order valence-corrected chi connectivity index (χ2v) is 9.73. The molecule has 1 saturated carbocycles. The van der Waals surface area contributed by atoms with Crippen LogP contribution in [0.5, 0.6) is 0 Å². The molecule has 0 saturated heterocycles. The molecule has 1 amide bonds. The zero-order valence-electron chi connectivity index (χ0n) is 19.6. The summed E-state index contributed by atoms with van der Waals surface area (Å²) in [4.78, 5) is 22.3. The number of rotatable bonds is 6. The highest BCUT2D eigenvalue weighted by atomic mass is 16.6. The van der Waals surface area contributed by atoms with E-state index in [4.69, 9.17) is 14.5 Å². The van der Waals surface area contributed by atoms with Crippen LogP contribution in [0.25, 0.3) is 21.9 Å². The van der Waals surface area contributed by atoms with Gasteiger partial charge in [-0.2, -0.15) is 0 Å². The molecule has 2 aromatic heterocycles. The van der Waals surface area contributed by atoms with Gasteiger partial charge in [0, 0.05) is 18.5 Å². The minimum Gasteiger partial charge on any atom is -0.444 e. The first-order valence-corrected chi connectivity index (χ1v) is 11.6. The fraction of sp³-hybridized carbons (Fsp3) is 0.560. The van der Waals surface area contributed by atoms with E-state index in [1.54, 1.807) is 0 Å². The van der Waals surface area contributed by atoms with Gasteiger partial charge in [-0.3, -0.25) is 4.98 Å². The molecule has 1 fully saturated rings. The largest absolute Gasteiger partial charge is 0.444 e. The monoisotopic (exact) mass is 438 g/mol. The van der Waals surface area contributed by atoms with Crippen molar-refractivity contribution in [1.82, 2.24) is 19.9 Å². The third kappa shape index (κ3) is 4.88. The lowest BCUT2D eigenvalue weighted by molar-refractivity contribution is 0.0404. The third-order valence-electron chi connectivity index (χ3n) is 6.03. The summed E-state index contributed by atoms with van der Waals surface area (Å²) in [6.07, 6.45) is 6.62. The summed E-state index contributed by atoms with van der Waals surface area (Å²) in [6, 6.07) is 8.12. The molecule has 2 heterocycles. The van der Waals surface area contributed by atoms with E-state index in [1.807, 2.05) is 52.1 Å². The van der Waals surface area contributed by atoms with Gasteiger partial charge >= 0.3 is 6.09 Å². The average molecular weight is 439 g/mol. The van der Waals surface area contributed by atoms with Crippen LogP contribution >= 0.6 is 0 Å². The molecule has 0 aliphatic heterocycles. The van der Waals surface area contributed by atoms with Gasteiger partial charge in [-0.05, 0) is 46.6 Å². The quantitative estimate of drug-likeness (QED) is 0.561. The van der Waals surface area contributed by atoms with Gasteiger partial charge in [0.1, 0.15) is 23.5 Å². The Balaban J connectivity index is 1.78. The summed E-state index contributed by atoms with van der Waals surface area (Å²) in [7, 11) is 0. The van der Waals surface area contributed by atoms with Crippen molar-refractivity contribution in [2.75, 3.05) is 6.61 Å². The number of fused-ring (bicyclic) bond motifs is 3. The Kier molecular flexibility index (Phi) is 6.38. The molecule has 0 radical (unpaired) electrons. The standard InChI is InChI=1S/C25H34N4O3/c1-5-31-16-21-27-20-15-26-19-12-8-7-11-18(19)22(20)29(21)17-25(13-9-6-10-14-25)28-23(30)32-24(2,3)4/h7-8,11-12,15H,5-6,9-10,13-14,16-17H2,1-4H3,(H,28,30). The molecule has 0 bridgehead atoms. The van der Waals surface area contributed by atoms with Crippen molar-refractivity contribution in [3.05, 3.63) is 36.3 Å². The van der Waals surface area contributed by atoms with Gasteiger partial charge in [0.25, 0.3) is 0 Å². The first-order chi connectivity index (χ1) is 15.3. The summed E-state index contributed by atoms with van der Waals surface area (Å²) in [5.41, 5.74) is 1.90. The smallest absolute Gasteiger partial charge is 0.408 e. The van der Waals surface area contributed by atoms with E-state index in [-0.39, 0.29) is 11.6 Å². The predicted molar refractivity (Wildman–Crippen MR) is 126 cm³/mol. The fourth-order valence-electron chi connectivity index (χ4n) is 4.66. The maximum absolute atomic E-state index is 12.8. The van der Waals surface area contributed by atoms with Gasteiger partial charge in [0.2, 0.25) is 0 Å². The summed E-state index contributed by atoms with van der Waals surface area (Å²) < 4.78 is 13.6. The number of alkyl carbamates (subject to hydrolysis) is 1. The lowest BCUT2D eigenvalue weighted by atomic mass is 9.81. The fourth-order valence-corrected chi connectivity index (χ4v) is 4.66. The number of nitrogens with one attached hydrogen (secondary N) is 1. The van der Waals surface area contributed by atoms with Crippen LogP contribution in [0, 0.1) is 0 Å². The van der Waals surface area contributed by atoms with Crippen molar-refractivity contribution < 1.29 is 14.3 Å². The zero-order chi connectivity index (χ0) is 22.8. The van der Waals surface area contributed by atoms with Gasteiger partial charge in [-0.15, -0.1) is 0 Å². The second kappa shape index (κ2) is 9.06. The Morgan fingerprint density at radius 1 is 1.16 bits per heavy atom. The number of aromatic nitrogens is 3. The van der Waals surface area contributed by atoms with E-state index in [1.165, 1.54) is 6.42 Å². The molecule has 1 N–H and O–H groups in total. The molecule has 32 heavy (non-hydrogen) atoms. The molecule has 1 aliphatic rings. The number of nitrogens with zero attached hydrogens (tertiary/aromatic N) is 3. The van der Waals surface area contributed by atoms with E-state index in [0.717, 1.165) is 53.4 Å². The lowest BCUT2D eigenvalue weighted by Gasteiger charge is -2.39. The van der Waals surface area contributed by atoms with Crippen molar-refractivity contribution in [2.45, 2.75) is 84.1 Å². The van der Waals surface area contributed by atoms with E-state index in [0.29, 0.717) is 19.8 Å². The number of pyridine rings is 1. The molecule has 0 spiro atoms. The summed E-state index contributed by atoms with van der Waals surface area (Å²) in [5.74, 6) is 0.857. The number of benzene rings is 1. The van der Waals surface area contributed by atoms with E-state index in [2.05, 4.69) is 20.9 Å². The van der Waals surface area contributed by atoms with Crippen LogP contribution in [0.2, 0.25) is 0 Å². The maximum Gasteiger partial charge on any atom is 0.408 e. The SMILES string of the molecule is CCOCc1nc2cnc3ccccc3c2n1CC1(NC(=O)OC(C)(C)C)CCCCC1. The van der Waals surface area contributed by atoms with Crippen LogP contribution < -0.4 is 5.32 Å². The third-order valence-corrected chi connectivity index (χ3v) is 6.03. The predicted octanol–water partition coefficient (Wildman–Crippen LogP) is 5.35. The molecule has 1 aliphatic carbocycles. The first-order valence-electron chi connectivity index (χ1n) is 11.6. The molecule has 7 heteroatoms. The molecule has 172 valence electrons. The van der Waals surface area contributed by atoms with Gasteiger partial charge in [0.05, 0.1) is 22.8 Å². The zero-order valence-corrected chi connectivity index (χ0v) is 19.6. The summed E-state index contributed by atoms with van der Waals surface area (Å²) in [6.45, 7) is 9.32. The number of imidazole rings is 1. The minimum atomic E-state index is -0.538. The normalized spacial score (nSPS) is 16.4. The van der Waals surface area contributed by atoms with Crippen molar-refractivity contribution in [3.8, 4) is 0 Å². The van der Waals surface area contributed by atoms with Gasteiger partial charge in [-0.25, -0.2) is 9.78 Å². The number of carbonyl (C=O) groups is 1. The number of ether oxygens (including phenoxy) is 2. The van der Waals surface area contributed by atoms with Gasteiger partial charge in [-0.1, -0.05) is 37.5 Å². The molecule has 3 aromatic rings. The van der Waals surface area contributed by atoms with E-state index in [9.17, 15) is 4.79 Å². The van der Waals surface area contributed by atoms with Crippen molar-refractivity contribution >= 4 is 28.0 Å². The molecule has 1 aromatic carbocycles. The van der Waals surface area contributed by atoms with Crippen LogP contribution in [0.3, 0.4) is 0 Å². The van der Waals surface area contributed by atoms with E-state index >= 15 is 0 Å². The Labute approximate surface area is 189 Å². The van der Waals surface area contributed by atoms with Crippen LogP contribution in [-0.2, 0) is 22.6 Å². The Morgan fingerprint density at radius 2 is 1.91 bits per heavy atom. The van der Waals surface area contributed by atoms with E-state index < -0.39 is 5.60 Å². The molecular formula is C25H34N4O3. The van der Waals surface area contributed by atoms with Crippen molar-refractivity contribution in [3.63, 3.8) is 0 Å². The van der Waals surface area contributed by atoms with Crippen molar-refractivity contribution in [2.24, 2.45) is 0 Å². The number of para-hydroxylation sites is 1. The summed E-state index contributed by atoms with van der Waals surface area (Å²) in [5, 5.41) is 4.32. The van der Waals surface area contributed by atoms with Crippen LogP contribution in [-0.4, -0.2) is 38.4 Å². The number of carbonyl (C=O) groups excluding carboxylic acids is 1. The number of amides is 1. The summed E-state index contributed by atoms with van der Waals surface area (Å²) >= 11 is 0.